The first-order chi connectivity index (χ1) is 10.7. The first-order valence-corrected chi connectivity index (χ1v) is 7.30. The molecule has 22 heavy (non-hydrogen) atoms. The van der Waals surface area contributed by atoms with Crippen LogP contribution < -0.4 is 5.73 Å². The molecule has 5 heteroatoms. The molecule has 1 amide bonds. The van der Waals surface area contributed by atoms with Crippen molar-refractivity contribution in [2.75, 3.05) is 12.3 Å². The van der Waals surface area contributed by atoms with Crippen molar-refractivity contribution in [2.45, 2.75) is 13.0 Å². The van der Waals surface area contributed by atoms with Gasteiger partial charge in [0.2, 0.25) is 0 Å². The number of benzene rings is 2. The van der Waals surface area contributed by atoms with Gasteiger partial charge in [0.05, 0.1) is 17.4 Å². The molecule has 0 radical (unpaired) electrons. The van der Waals surface area contributed by atoms with Crippen LogP contribution >= 0.6 is 0 Å². The molecule has 4 rings (SSSR count). The Bertz CT molecular complexity index is 868. The van der Waals surface area contributed by atoms with Crippen molar-refractivity contribution >= 4 is 22.6 Å². The molecule has 0 saturated carbocycles. The fourth-order valence-electron chi connectivity index (χ4n) is 3.00. The quantitative estimate of drug-likeness (QED) is 0.676. The molecule has 110 valence electrons. The van der Waals surface area contributed by atoms with Gasteiger partial charge in [-0.15, -0.1) is 0 Å². The number of aromatic nitrogens is 2. The summed E-state index contributed by atoms with van der Waals surface area (Å²) in [4.78, 5) is 21.8. The molecule has 0 atom stereocenters. The van der Waals surface area contributed by atoms with Crippen molar-refractivity contribution in [3.05, 3.63) is 59.4 Å². The van der Waals surface area contributed by atoms with E-state index in [1.165, 1.54) is 5.56 Å². The molecule has 0 aliphatic carbocycles. The standard InChI is InChI=1S/C17H16N4O/c18-14-3-1-11-5-6-21(9-13(11)7-14)17(22)12-2-4-15-16(8-12)20-10-19-15/h1-4,7-8,10H,5-6,9,18H2,(H,19,20). The van der Waals surface area contributed by atoms with Crippen LogP contribution in [-0.4, -0.2) is 27.3 Å². The van der Waals surface area contributed by atoms with Gasteiger partial charge in [-0.05, 0) is 47.9 Å². The number of H-pyrrole nitrogens is 1. The van der Waals surface area contributed by atoms with Gasteiger partial charge in [-0.1, -0.05) is 6.07 Å². The highest BCUT2D eigenvalue weighted by molar-refractivity contribution is 5.97. The number of amides is 1. The molecule has 2 heterocycles. The molecular formula is C17H16N4O. The molecule has 0 unspecified atom stereocenters. The number of fused-ring (bicyclic) bond motifs is 2. The molecule has 1 aromatic heterocycles. The van der Waals surface area contributed by atoms with Crippen LogP contribution in [-0.2, 0) is 13.0 Å². The minimum absolute atomic E-state index is 0.0459. The number of rotatable bonds is 1. The maximum absolute atomic E-state index is 12.7. The first kappa shape index (κ1) is 12.9. The summed E-state index contributed by atoms with van der Waals surface area (Å²) in [5.74, 6) is 0.0459. The Kier molecular flexibility index (Phi) is 2.85. The Balaban J connectivity index is 1.63. The zero-order chi connectivity index (χ0) is 15.1. The van der Waals surface area contributed by atoms with Crippen LogP contribution in [0.5, 0.6) is 0 Å². The minimum atomic E-state index is 0.0459. The van der Waals surface area contributed by atoms with Gasteiger partial charge in [0, 0.05) is 24.3 Å². The molecule has 0 spiro atoms. The number of imidazole rings is 1. The number of nitrogen functional groups attached to an aromatic ring is 1. The van der Waals surface area contributed by atoms with E-state index in [9.17, 15) is 4.79 Å². The lowest BCUT2D eigenvalue weighted by Gasteiger charge is -2.29. The van der Waals surface area contributed by atoms with Crippen LogP contribution in [0.25, 0.3) is 11.0 Å². The Labute approximate surface area is 127 Å². The maximum atomic E-state index is 12.7. The monoisotopic (exact) mass is 292 g/mol. The third-order valence-corrected chi connectivity index (χ3v) is 4.20. The van der Waals surface area contributed by atoms with Crippen molar-refractivity contribution in [1.29, 1.82) is 0 Å². The summed E-state index contributed by atoms with van der Waals surface area (Å²) in [6, 6.07) is 11.5. The van der Waals surface area contributed by atoms with Gasteiger partial charge in [0.1, 0.15) is 0 Å². The molecule has 0 saturated heterocycles. The molecule has 3 aromatic rings. The van der Waals surface area contributed by atoms with Crippen molar-refractivity contribution in [3.8, 4) is 0 Å². The van der Waals surface area contributed by atoms with E-state index < -0.39 is 0 Å². The van der Waals surface area contributed by atoms with E-state index in [1.807, 2.05) is 35.2 Å². The zero-order valence-corrected chi connectivity index (χ0v) is 12.0. The number of carbonyl (C=O) groups is 1. The first-order valence-electron chi connectivity index (χ1n) is 7.30. The second-order valence-electron chi connectivity index (χ2n) is 5.64. The van der Waals surface area contributed by atoms with Crippen molar-refractivity contribution in [3.63, 3.8) is 0 Å². The Hall–Kier alpha value is -2.82. The van der Waals surface area contributed by atoms with Gasteiger partial charge < -0.3 is 15.6 Å². The Morgan fingerprint density at radius 3 is 3.00 bits per heavy atom. The molecule has 3 N–H and O–H groups in total. The summed E-state index contributed by atoms with van der Waals surface area (Å²) in [7, 11) is 0. The molecule has 1 aliphatic heterocycles. The number of hydrogen-bond donors (Lipinski definition) is 2. The number of nitrogens with two attached hydrogens (primary N) is 1. The summed E-state index contributed by atoms with van der Waals surface area (Å²) in [6.45, 7) is 1.34. The normalized spacial score (nSPS) is 14.1. The van der Waals surface area contributed by atoms with Gasteiger partial charge in [-0.3, -0.25) is 4.79 Å². The van der Waals surface area contributed by atoms with Crippen molar-refractivity contribution < 1.29 is 4.79 Å². The molecule has 2 aromatic carbocycles. The van der Waals surface area contributed by atoms with E-state index in [0.29, 0.717) is 12.1 Å². The average molecular weight is 292 g/mol. The second kappa shape index (κ2) is 4.87. The highest BCUT2D eigenvalue weighted by Gasteiger charge is 2.22. The number of nitrogens with one attached hydrogen (secondary N) is 1. The smallest absolute Gasteiger partial charge is 0.254 e. The van der Waals surface area contributed by atoms with E-state index in [0.717, 1.165) is 35.2 Å². The van der Waals surface area contributed by atoms with Crippen molar-refractivity contribution in [1.82, 2.24) is 14.9 Å². The SMILES string of the molecule is Nc1ccc2c(c1)CN(C(=O)c1ccc3nc[nH]c3c1)CC2. The summed E-state index contributed by atoms with van der Waals surface area (Å²) in [6.07, 6.45) is 2.51. The fraction of sp³-hybridized carbons (Fsp3) is 0.176. The third kappa shape index (κ3) is 2.11. The molecular weight excluding hydrogens is 276 g/mol. The highest BCUT2D eigenvalue weighted by atomic mass is 16.2. The number of nitrogens with zero attached hydrogens (tertiary/aromatic N) is 2. The maximum Gasteiger partial charge on any atom is 0.254 e. The zero-order valence-electron chi connectivity index (χ0n) is 12.0. The number of anilines is 1. The van der Waals surface area contributed by atoms with Gasteiger partial charge in [-0.2, -0.15) is 0 Å². The van der Waals surface area contributed by atoms with Crippen LogP contribution in [0.1, 0.15) is 21.5 Å². The summed E-state index contributed by atoms with van der Waals surface area (Å²) in [5, 5.41) is 0. The number of aromatic amines is 1. The lowest BCUT2D eigenvalue weighted by atomic mass is 9.98. The predicted octanol–water partition coefficient (Wildman–Crippen LogP) is 2.34. The number of carbonyl (C=O) groups excluding carboxylic acids is 1. The second-order valence-corrected chi connectivity index (χ2v) is 5.64. The third-order valence-electron chi connectivity index (χ3n) is 4.20. The molecule has 5 nitrogen and oxygen atoms in total. The van der Waals surface area contributed by atoms with Crippen LogP contribution in [0.15, 0.2) is 42.7 Å². The lowest BCUT2D eigenvalue weighted by molar-refractivity contribution is 0.0735. The van der Waals surface area contributed by atoms with E-state index in [2.05, 4.69) is 16.0 Å². The summed E-state index contributed by atoms with van der Waals surface area (Å²) in [5.41, 5.74) is 11.4. The van der Waals surface area contributed by atoms with Gasteiger partial charge >= 0.3 is 0 Å². The fourth-order valence-corrected chi connectivity index (χ4v) is 3.00. The van der Waals surface area contributed by atoms with Gasteiger partial charge in [0.25, 0.3) is 5.91 Å². The van der Waals surface area contributed by atoms with Crippen LogP contribution in [0.3, 0.4) is 0 Å². The van der Waals surface area contributed by atoms with E-state index in [1.54, 1.807) is 6.33 Å². The molecule has 0 fully saturated rings. The topological polar surface area (TPSA) is 75.0 Å². The lowest BCUT2D eigenvalue weighted by Crippen LogP contribution is -2.36. The van der Waals surface area contributed by atoms with E-state index in [4.69, 9.17) is 5.73 Å². The summed E-state index contributed by atoms with van der Waals surface area (Å²) < 4.78 is 0. The van der Waals surface area contributed by atoms with E-state index in [-0.39, 0.29) is 5.91 Å². The van der Waals surface area contributed by atoms with Gasteiger partial charge in [0.15, 0.2) is 0 Å². The van der Waals surface area contributed by atoms with Crippen LogP contribution in [0, 0.1) is 0 Å². The number of hydrogen-bond acceptors (Lipinski definition) is 3. The summed E-state index contributed by atoms with van der Waals surface area (Å²) >= 11 is 0. The predicted molar refractivity (Wildman–Crippen MR) is 85.4 cm³/mol. The van der Waals surface area contributed by atoms with Crippen molar-refractivity contribution in [2.24, 2.45) is 0 Å². The van der Waals surface area contributed by atoms with Crippen LogP contribution in [0.4, 0.5) is 5.69 Å². The van der Waals surface area contributed by atoms with Gasteiger partial charge in [-0.25, -0.2) is 4.98 Å². The average Bonchev–Trinajstić information content (AvgIpc) is 3.01. The minimum Gasteiger partial charge on any atom is -0.399 e. The highest BCUT2D eigenvalue weighted by Crippen LogP contribution is 2.23. The molecule has 0 bridgehead atoms. The van der Waals surface area contributed by atoms with Crippen LogP contribution in [0.2, 0.25) is 0 Å². The van der Waals surface area contributed by atoms with E-state index >= 15 is 0 Å². The Morgan fingerprint density at radius 2 is 2.09 bits per heavy atom. The molecule has 1 aliphatic rings. The Morgan fingerprint density at radius 1 is 1.18 bits per heavy atom. The largest absolute Gasteiger partial charge is 0.399 e.